The van der Waals surface area contributed by atoms with E-state index in [0.29, 0.717) is 0 Å². The molecule has 0 saturated carbocycles. The number of alkyl halides is 1. The first-order valence-corrected chi connectivity index (χ1v) is 6.10. The molecule has 0 nitrogen and oxygen atoms in total. The topological polar surface area (TPSA) is 0 Å². The van der Waals surface area contributed by atoms with Gasteiger partial charge in [-0.15, -0.1) is 23.4 Å². The summed E-state index contributed by atoms with van der Waals surface area (Å²) in [6, 6.07) is 8.68. The minimum atomic E-state index is 0.786. The highest BCUT2D eigenvalue weighted by molar-refractivity contribution is 7.99. The van der Waals surface area contributed by atoms with Crippen LogP contribution in [0.4, 0.5) is 0 Å². The summed E-state index contributed by atoms with van der Waals surface area (Å²) >= 11 is 7.51. The first-order valence-electron chi connectivity index (χ1n) is 4.58. The smallest absolute Gasteiger partial charge is 0.0223 e. The maximum atomic E-state index is 5.59. The number of thioether (sulfide) groups is 1. The molecular weight excluding hydrogens is 200 g/mol. The SMILES string of the molecule is Cc1ccc(SCCCCCl)cc1. The fourth-order valence-electron chi connectivity index (χ4n) is 1.02. The van der Waals surface area contributed by atoms with Gasteiger partial charge in [0.2, 0.25) is 0 Å². The van der Waals surface area contributed by atoms with Crippen molar-refractivity contribution in [3.8, 4) is 0 Å². The summed E-state index contributed by atoms with van der Waals surface area (Å²) in [7, 11) is 0. The number of unbranched alkanes of at least 4 members (excludes halogenated alkanes) is 1. The zero-order chi connectivity index (χ0) is 9.52. The molecule has 2 heteroatoms. The van der Waals surface area contributed by atoms with Crippen molar-refractivity contribution in [3.05, 3.63) is 29.8 Å². The number of halogens is 1. The van der Waals surface area contributed by atoms with E-state index in [0.717, 1.165) is 12.3 Å². The van der Waals surface area contributed by atoms with Crippen molar-refractivity contribution >= 4 is 23.4 Å². The van der Waals surface area contributed by atoms with Crippen LogP contribution in [0.5, 0.6) is 0 Å². The molecule has 1 aromatic carbocycles. The van der Waals surface area contributed by atoms with Crippen LogP contribution in [-0.4, -0.2) is 11.6 Å². The molecule has 0 saturated heterocycles. The average Bonchev–Trinajstić information content (AvgIpc) is 2.15. The molecule has 0 aromatic heterocycles. The third kappa shape index (κ3) is 4.58. The first-order chi connectivity index (χ1) is 6.33. The highest BCUT2D eigenvalue weighted by Crippen LogP contribution is 2.19. The molecule has 0 N–H and O–H groups in total. The van der Waals surface area contributed by atoms with Crippen LogP contribution in [0.2, 0.25) is 0 Å². The van der Waals surface area contributed by atoms with E-state index in [1.165, 1.54) is 22.6 Å². The van der Waals surface area contributed by atoms with Crippen LogP contribution >= 0.6 is 23.4 Å². The van der Waals surface area contributed by atoms with Gasteiger partial charge in [0.25, 0.3) is 0 Å². The van der Waals surface area contributed by atoms with Crippen molar-refractivity contribution in [2.75, 3.05) is 11.6 Å². The molecule has 0 atom stereocenters. The van der Waals surface area contributed by atoms with Gasteiger partial charge in [0, 0.05) is 10.8 Å². The van der Waals surface area contributed by atoms with Gasteiger partial charge in [-0.25, -0.2) is 0 Å². The molecule has 0 aliphatic heterocycles. The molecule has 0 heterocycles. The van der Waals surface area contributed by atoms with E-state index in [2.05, 4.69) is 31.2 Å². The van der Waals surface area contributed by atoms with E-state index in [-0.39, 0.29) is 0 Å². The predicted molar refractivity (Wildman–Crippen MR) is 61.9 cm³/mol. The van der Waals surface area contributed by atoms with Crippen molar-refractivity contribution in [1.82, 2.24) is 0 Å². The summed E-state index contributed by atoms with van der Waals surface area (Å²) in [5.41, 5.74) is 1.32. The van der Waals surface area contributed by atoms with Crippen molar-refractivity contribution in [2.24, 2.45) is 0 Å². The van der Waals surface area contributed by atoms with Gasteiger partial charge < -0.3 is 0 Å². The molecule has 0 amide bonds. The standard InChI is InChI=1S/C11H15ClS/c1-10-4-6-11(7-5-10)13-9-3-2-8-12/h4-7H,2-3,8-9H2,1H3. The molecule has 0 aliphatic carbocycles. The first kappa shape index (κ1) is 10.9. The summed E-state index contributed by atoms with van der Waals surface area (Å²) < 4.78 is 0. The van der Waals surface area contributed by atoms with E-state index in [1.807, 2.05) is 11.8 Å². The van der Waals surface area contributed by atoms with Crippen LogP contribution in [0.25, 0.3) is 0 Å². The minimum Gasteiger partial charge on any atom is -0.127 e. The van der Waals surface area contributed by atoms with E-state index >= 15 is 0 Å². The zero-order valence-corrected chi connectivity index (χ0v) is 9.50. The highest BCUT2D eigenvalue weighted by atomic mass is 35.5. The molecule has 0 aliphatic rings. The third-order valence-corrected chi connectivity index (χ3v) is 3.18. The number of rotatable bonds is 5. The van der Waals surface area contributed by atoms with Crippen LogP contribution in [0.3, 0.4) is 0 Å². The quantitative estimate of drug-likeness (QED) is 0.404. The molecule has 0 bridgehead atoms. The average molecular weight is 215 g/mol. The summed E-state index contributed by atoms with van der Waals surface area (Å²) in [4.78, 5) is 1.36. The molecule has 0 spiro atoms. The fraction of sp³-hybridized carbons (Fsp3) is 0.455. The molecule has 0 radical (unpaired) electrons. The largest absolute Gasteiger partial charge is 0.127 e. The predicted octanol–water partition coefficient (Wildman–Crippen LogP) is 4.11. The Balaban J connectivity index is 2.25. The van der Waals surface area contributed by atoms with Crippen molar-refractivity contribution in [3.63, 3.8) is 0 Å². The van der Waals surface area contributed by atoms with E-state index in [4.69, 9.17) is 11.6 Å². The summed E-state index contributed by atoms with van der Waals surface area (Å²) in [6.45, 7) is 2.11. The van der Waals surface area contributed by atoms with E-state index < -0.39 is 0 Å². The lowest BCUT2D eigenvalue weighted by molar-refractivity contribution is 0.903. The fourth-order valence-corrected chi connectivity index (χ4v) is 2.12. The Labute approximate surface area is 89.7 Å². The molecule has 1 rings (SSSR count). The normalized spacial score (nSPS) is 10.3. The van der Waals surface area contributed by atoms with Crippen molar-refractivity contribution < 1.29 is 0 Å². The Morgan fingerprint density at radius 1 is 1.15 bits per heavy atom. The summed E-state index contributed by atoms with van der Waals surface area (Å²) in [6.07, 6.45) is 2.34. The van der Waals surface area contributed by atoms with E-state index in [1.54, 1.807) is 0 Å². The monoisotopic (exact) mass is 214 g/mol. The molecule has 13 heavy (non-hydrogen) atoms. The van der Waals surface area contributed by atoms with Gasteiger partial charge in [-0.2, -0.15) is 0 Å². The molecule has 1 aromatic rings. The van der Waals surface area contributed by atoms with Crippen molar-refractivity contribution in [1.29, 1.82) is 0 Å². The van der Waals surface area contributed by atoms with Gasteiger partial charge in [0.05, 0.1) is 0 Å². The minimum absolute atomic E-state index is 0.786. The van der Waals surface area contributed by atoms with Gasteiger partial charge in [-0.3, -0.25) is 0 Å². The van der Waals surface area contributed by atoms with Crippen LogP contribution in [-0.2, 0) is 0 Å². The third-order valence-electron chi connectivity index (χ3n) is 1.82. The van der Waals surface area contributed by atoms with Gasteiger partial charge in [-0.05, 0) is 37.7 Å². The van der Waals surface area contributed by atoms with Gasteiger partial charge in [-0.1, -0.05) is 17.7 Å². The second-order valence-electron chi connectivity index (χ2n) is 3.06. The Morgan fingerprint density at radius 3 is 2.46 bits per heavy atom. The Hall–Kier alpha value is -0.140. The number of hydrogen-bond acceptors (Lipinski definition) is 1. The number of aryl methyl sites for hydroxylation is 1. The van der Waals surface area contributed by atoms with E-state index in [9.17, 15) is 0 Å². The second-order valence-corrected chi connectivity index (χ2v) is 4.60. The lowest BCUT2D eigenvalue weighted by Gasteiger charge is -2.00. The van der Waals surface area contributed by atoms with Crippen LogP contribution < -0.4 is 0 Å². The molecular formula is C11H15ClS. The van der Waals surface area contributed by atoms with Crippen LogP contribution in [0.15, 0.2) is 29.2 Å². The van der Waals surface area contributed by atoms with Gasteiger partial charge in [0.15, 0.2) is 0 Å². The Kier molecular flexibility index (Phi) is 5.33. The maximum absolute atomic E-state index is 5.59. The lowest BCUT2D eigenvalue weighted by Crippen LogP contribution is -1.81. The van der Waals surface area contributed by atoms with Crippen LogP contribution in [0.1, 0.15) is 18.4 Å². The van der Waals surface area contributed by atoms with Crippen LogP contribution in [0, 0.1) is 6.92 Å². The Morgan fingerprint density at radius 2 is 1.85 bits per heavy atom. The molecule has 72 valence electrons. The number of benzene rings is 1. The zero-order valence-electron chi connectivity index (χ0n) is 7.92. The second kappa shape index (κ2) is 6.33. The van der Waals surface area contributed by atoms with Gasteiger partial charge in [0.1, 0.15) is 0 Å². The van der Waals surface area contributed by atoms with Crippen molar-refractivity contribution in [2.45, 2.75) is 24.7 Å². The lowest BCUT2D eigenvalue weighted by atomic mass is 10.2. The van der Waals surface area contributed by atoms with Gasteiger partial charge >= 0.3 is 0 Å². The highest BCUT2D eigenvalue weighted by Gasteiger charge is 1.93. The summed E-state index contributed by atoms with van der Waals surface area (Å²) in [5.74, 6) is 1.96. The maximum Gasteiger partial charge on any atom is 0.0223 e. The number of hydrogen-bond donors (Lipinski definition) is 0. The summed E-state index contributed by atoms with van der Waals surface area (Å²) in [5, 5.41) is 0. The Bertz CT molecular complexity index is 230. The molecule has 0 unspecified atom stereocenters. The molecule has 0 fully saturated rings.